The largest absolute Gasteiger partial charge is 0.385 e. The minimum atomic E-state index is 1.09. The lowest BCUT2D eigenvalue weighted by molar-refractivity contribution is 0.830. The lowest BCUT2D eigenvalue weighted by Gasteiger charge is -2.19. The van der Waals surface area contributed by atoms with E-state index in [2.05, 4.69) is 52.8 Å². The molecule has 0 spiro atoms. The number of nitrogens with one attached hydrogen (secondary N) is 1. The maximum absolute atomic E-state index is 4.39. The number of hydrogen-bond acceptors (Lipinski definition) is 2. The van der Waals surface area contributed by atoms with Crippen LogP contribution < -0.4 is 5.32 Å². The Morgan fingerprint density at radius 3 is 2.95 bits per heavy atom. The molecule has 0 bridgehead atoms. The average molecular weight is 260 g/mol. The van der Waals surface area contributed by atoms with Gasteiger partial charge in [-0.25, -0.2) is 0 Å². The van der Waals surface area contributed by atoms with Crippen LogP contribution in [-0.4, -0.2) is 11.5 Å². The van der Waals surface area contributed by atoms with Crippen LogP contribution in [0.25, 0.3) is 21.9 Å². The molecule has 4 rings (SSSR count). The Kier molecular flexibility index (Phi) is 2.66. The summed E-state index contributed by atoms with van der Waals surface area (Å²) >= 11 is 0. The molecule has 0 atom stereocenters. The Balaban J connectivity index is 1.91. The van der Waals surface area contributed by atoms with Gasteiger partial charge in [0.2, 0.25) is 0 Å². The number of aryl methyl sites for hydroxylation is 1. The molecule has 0 amide bonds. The number of aromatic nitrogens is 1. The molecule has 1 N–H and O–H groups in total. The standard InChI is InChI=1S/C18H16N2/c1-2-6-16-15(4-1)11-19-12-17(16)13-7-8-18-14(10-13)5-3-9-20-18/h1-2,4,6-8,10-12,20H,3,5,9H2. The average Bonchev–Trinajstić information content (AvgIpc) is 2.54. The molecule has 1 aliphatic rings. The van der Waals surface area contributed by atoms with Crippen LogP contribution in [0, 0.1) is 0 Å². The van der Waals surface area contributed by atoms with Crippen molar-refractivity contribution in [3.05, 3.63) is 60.4 Å². The molecule has 1 aromatic heterocycles. The first-order chi connectivity index (χ1) is 9.92. The van der Waals surface area contributed by atoms with Gasteiger partial charge >= 0.3 is 0 Å². The first-order valence-electron chi connectivity index (χ1n) is 7.12. The second-order valence-corrected chi connectivity index (χ2v) is 5.31. The Morgan fingerprint density at radius 1 is 1.00 bits per heavy atom. The Morgan fingerprint density at radius 2 is 1.95 bits per heavy atom. The Hall–Kier alpha value is -2.35. The van der Waals surface area contributed by atoms with E-state index in [1.807, 2.05) is 12.4 Å². The second kappa shape index (κ2) is 4.64. The molecular formula is C18H16N2. The van der Waals surface area contributed by atoms with E-state index in [9.17, 15) is 0 Å². The van der Waals surface area contributed by atoms with E-state index in [4.69, 9.17) is 0 Å². The summed E-state index contributed by atoms with van der Waals surface area (Å²) in [4.78, 5) is 4.39. The molecule has 2 aromatic carbocycles. The zero-order valence-corrected chi connectivity index (χ0v) is 11.3. The number of hydrogen-bond donors (Lipinski definition) is 1. The third kappa shape index (κ3) is 1.85. The molecule has 2 nitrogen and oxygen atoms in total. The van der Waals surface area contributed by atoms with Crippen LogP contribution in [0.5, 0.6) is 0 Å². The van der Waals surface area contributed by atoms with Gasteiger partial charge in [-0.3, -0.25) is 4.98 Å². The van der Waals surface area contributed by atoms with Crippen LogP contribution in [0.15, 0.2) is 54.9 Å². The fraction of sp³-hybridized carbons (Fsp3) is 0.167. The van der Waals surface area contributed by atoms with E-state index in [-0.39, 0.29) is 0 Å². The SMILES string of the molecule is c1ccc2c(-c3ccc4c(c3)CCCN4)cncc2c1. The van der Waals surface area contributed by atoms with Gasteiger partial charge in [0, 0.05) is 35.6 Å². The van der Waals surface area contributed by atoms with Gasteiger partial charge in [0.25, 0.3) is 0 Å². The fourth-order valence-corrected chi connectivity index (χ4v) is 2.99. The number of benzene rings is 2. The van der Waals surface area contributed by atoms with Crippen molar-refractivity contribution in [3.8, 4) is 11.1 Å². The minimum Gasteiger partial charge on any atom is -0.385 e. The zero-order valence-electron chi connectivity index (χ0n) is 11.3. The van der Waals surface area contributed by atoms with Crippen molar-refractivity contribution in [1.29, 1.82) is 0 Å². The van der Waals surface area contributed by atoms with Crippen LogP contribution in [0.1, 0.15) is 12.0 Å². The molecule has 3 aromatic rings. The number of anilines is 1. The first kappa shape index (κ1) is 11.5. The smallest absolute Gasteiger partial charge is 0.0373 e. The topological polar surface area (TPSA) is 24.9 Å². The summed E-state index contributed by atoms with van der Waals surface area (Å²) in [7, 11) is 0. The molecule has 0 aliphatic carbocycles. The molecule has 0 fully saturated rings. The molecule has 1 aliphatic heterocycles. The van der Waals surface area contributed by atoms with Gasteiger partial charge in [0.1, 0.15) is 0 Å². The van der Waals surface area contributed by atoms with Gasteiger partial charge in [-0.1, -0.05) is 30.3 Å². The lowest BCUT2D eigenvalue weighted by Crippen LogP contribution is -2.11. The number of rotatable bonds is 1. The van der Waals surface area contributed by atoms with E-state index in [1.54, 1.807) is 0 Å². The van der Waals surface area contributed by atoms with Crippen LogP contribution in [0.2, 0.25) is 0 Å². The van der Waals surface area contributed by atoms with Gasteiger partial charge in [0.15, 0.2) is 0 Å². The molecule has 0 saturated heterocycles. The molecule has 2 heterocycles. The first-order valence-corrected chi connectivity index (χ1v) is 7.12. The lowest BCUT2D eigenvalue weighted by atomic mass is 9.95. The highest BCUT2D eigenvalue weighted by atomic mass is 14.9. The van der Waals surface area contributed by atoms with Gasteiger partial charge < -0.3 is 5.32 Å². The van der Waals surface area contributed by atoms with Crippen LogP contribution >= 0.6 is 0 Å². The van der Waals surface area contributed by atoms with Crippen molar-refractivity contribution in [3.63, 3.8) is 0 Å². The minimum absolute atomic E-state index is 1.09. The molecule has 98 valence electrons. The summed E-state index contributed by atoms with van der Waals surface area (Å²) in [5, 5.41) is 5.93. The van der Waals surface area contributed by atoms with Crippen LogP contribution in [-0.2, 0) is 6.42 Å². The van der Waals surface area contributed by atoms with E-state index in [0.29, 0.717) is 0 Å². The van der Waals surface area contributed by atoms with E-state index in [0.717, 1.165) is 13.0 Å². The summed E-state index contributed by atoms with van der Waals surface area (Å²) in [6.45, 7) is 1.09. The molecular weight excluding hydrogens is 244 g/mol. The monoisotopic (exact) mass is 260 g/mol. The Labute approximate surface area is 118 Å². The van der Waals surface area contributed by atoms with E-state index >= 15 is 0 Å². The quantitative estimate of drug-likeness (QED) is 0.707. The molecule has 20 heavy (non-hydrogen) atoms. The zero-order chi connectivity index (χ0) is 13.4. The summed E-state index contributed by atoms with van der Waals surface area (Å²) in [5.74, 6) is 0. The molecule has 0 unspecified atom stereocenters. The van der Waals surface area contributed by atoms with Crippen LogP contribution in [0.3, 0.4) is 0 Å². The number of pyridine rings is 1. The van der Waals surface area contributed by atoms with E-state index in [1.165, 1.54) is 39.6 Å². The van der Waals surface area contributed by atoms with Crippen LogP contribution in [0.4, 0.5) is 5.69 Å². The van der Waals surface area contributed by atoms with Gasteiger partial charge in [-0.2, -0.15) is 0 Å². The Bertz CT molecular complexity index is 772. The third-order valence-electron chi connectivity index (χ3n) is 4.02. The molecule has 0 saturated carbocycles. The predicted molar refractivity (Wildman–Crippen MR) is 84.0 cm³/mol. The molecule has 2 heteroatoms. The van der Waals surface area contributed by atoms with Crippen molar-refractivity contribution in [2.75, 3.05) is 11.9 Å². The van der Waals surface area contributed by atoms with Crippen molar-refractivity contribution in [2.24, 2.45) is 0 Å². The third-order valence-corrected chi connectivity index (χ3v) is 4.02. The maximum Gasteiger partial charge on any atom is 0.0373 e. The highest BCUT2D eigenvalue weighted by molar-refractivity contribution is 5.96. The van der Waals surface area contributed by atoms with E-state index < -0.39 is 0 Å². The summed E-state index contributed by atoms with van der Waals surface area (Å²) in [6.07, 6.45) is 6.28. The number of fused-ring (bicyclic) bond motifs is 2. The highest BCUT2D eigenvalue weighted by Gasteiger charge is 2.11. The summed E-state index contributed by atoms with van der Waals surface area (Å²) < 4.78 is 0. The van der Waals surface area contributed by atoms with Crippen molar-refractivity contribution >= 4 is 16.5 Å². The molecule has 0 radical (unpaired) electrons. The maximum atomic E-state index is 4.39. The predicted octanol–water partition coefficient (Wildman–Crippen LogP) is 4.26. The summed E-state index contributed by atoms with van der Waals surface area (Å²) in [6, 6.07) is 15.1. The highest BCUT2D eigenvalue weighted by Crippen LogP contribution is 2.31. The fourth-order valence-electron chi connectivity index (χ4n) is 2.99. The van der Waals surface area contributed by atoms with Gasteiger partial charge in [-0.05, 0) is 41.5 Å². The number of nitrogens with zero attached hydrogens (tertiary/aromatic N) is 1. The van der Waals surface area contributed by atoms with Crippen molar-refractivity contribution in [2.45, 2.75) is 12.8 Å². The summed E-state index contributed by atoms with van der Waals surface area (Å²) in [5.41, 5.74) is 5.18. The second-order valence-electron chi connectivity index (χ2n) is 5.31. The van der Waals surface area contributed by atoms with Crippen molar-refractivity contribution in [1.82, 2.24) is 4.98 Å². The van der Waals surface area contributed by atoms with Gasteiger partial charge in [0.05, 0.1) is 0 Å². The van der Waals surface area contributed by atoms with Crippen molar-refractivity contribution < 1.29 is 0 Å². The van der Waals surface area contributed by atoms with Gasteiger partial charge in [-0.15, -0.1) is 0 Å². The normalized spacial score (nSPS) is 13.8.